The second-order valence-corrected chi connectivity index (χ2v) is 6.97. The molecule has 1 aliphatic heterocycles. The number of nitrogens with one attached hydrogen (secondary N) is 1. The Morgan fingerprint density at radius 2 is 2.12 bits per heavy atom. The summed E-state index contributed by atoms with van der Waals surface area (Å²) in [6.45, 7) is 2.35. The van der Waals surface area contributed by atoms with Crippen LogP contribution in [0.25, 0.3) is 0 Å². The Balaban J connectivity index is 1.58. The summed E-state index contributed by atoms with van der Waals surface area (Å²) in [5, 5.41) is 3.08. The highest BCUT2D eigenvalue weighted by Gasteiger charge is 2.33. The molecule has 1 N–H and O–H groups in total. The van der Waals surface area contributed by atoms with Gasteiger partial charge in [0.1, 0.15) is 23.6 Å². The lowest BCUT2D eigenvalue weighted by molar-refractivity contribution is -0.141. The molecule has 3 rings (SSSR count). The molecule has 5 nitrogen and oxygen atoms in total. The Bertz CT molecular complexity index is 772. The van der Waals surface area contributed by atoms with Crippen LogP contribution in [0.4, 0.5) is 19.0 Å². The maximum atomic E-state index is 12.7. The zero-order chi connectivity index (χ0) is 18.7. The maximum absolute atomic E-state index is 12.7. The molecule has 0 radical (unpaired) electrons. The number of hydrogen-bond donors (Lipinski definition) is 1. The van der Waals surface area contributed by atoms with Gasteiger partial charge in [-0.3, -0.25) is 4.90 Å². The van der Waals surface area contributed by atoms with E-state index in [1.54, 1.807) is 7.11 Å². The van der Waals surface area contributed by atoms with Crippen LogP contribution >= 0.6 is 15.9 Å². The van der Waals surface area contributed by atoms with Crippen molar-refractivity contribution in [3.05, 3.63) is 46.3 Å². The molecule has 0 spiro atoms. The van der Waals surface area contributed by atoms with Gasteiger partial charge in [0.25, 0.3) is 0 Å². The Morgan fingerprint density at radius 3 is 2.81 bits per heavy atom. The summed E-state index contributed by atoms with van der Waals surface area (Å²) in [6, 6.07) is 6.92. The van der Waals surface area contributed by atoms with Gasteiger partial charge in [-0.05, 0) is 40.0 Å². The third kappa shape index (κ3) is 4.64. The summed E-state index contributed by atoms with van der Waals surface area (Å²) in [6.07, 6.45) is -2.70. The Labute approximate surface area is 157 Å². The molecule has 26 heavy (non-hydrogen) atoms. The molecule has 1 aliphatic rings. The lowest BCUT2D eigenvalue weighted by Gasteiger charge is -2.18. The molecule has 0 saturated carbocycles. The average Bonchev–Trinajstić information content (AvgIpc) is 3.01. The molecule has 1 atom stereocenters. The minimum Gasteiger partial charge on any atom is -0.496 e. The number of benzene rings is 1. The molecular formula is C17H18BrF3N4O. The van der Waals surface area contributed by atoms with Crippen LogP contribution in [0.2, 0.25) is 0 Å². The SMILES string of the molecule is COc1ccc(CN2CCC(Nc3cc(C(F)(F)F)ncn3)C2)cc1Br. The van der Waals surface area contributed by atoms with Crippen LogP contribution in [0.15, 0.2) is 35.1 Å². The van der Waals surface area contributed by atoms with Crippen molar-refractivity contribution >= 4 is 21.7 Å². The first kappa shape index (κ1) is 18.9. The zero-order valence-corrected chi connectivity index (χ0v) is 15.6. The molecule has 2 heterocycles. The minimum atomic E-state index is -4.47. The van der Waals surface area contributed by atoms with E-state index in [-0.39, 0.29) is 11.9 Å². The summed E-state index contributed by atoms with van der Waals surface area (Å²) >= 11 is 3.47. The molecule has 1 unspecified atom stereocenters. The van der Waals surface area contributed by atoms with Crippen molar-refractivity contribution in [2.24, 2.45) is 0 Å². The summed E-state index contributed by atoms with van der Waals surface area (Å²) in [4.78, 5) is 9.42. The van der Waals surface area contributed by atoms with Crippen molar-refractivity contribution in [2.75, 3.05) is 25.5 Å². The second kappa shape index (κ2) is 7.79. The monoisotopic (exact) mass is 430 g/mol. The van der Waals surface area contributed by atoms with Crippen LogP contribution in [0, 0.1) is 0 Å². The van der Waals surface area contributed by atoms with Crippen molar-refractivity contribution in [1.29, 1.82) is 0 Å². The van der Waals surface area contributed by atoms with Crippen LogP contribution in [0.3, 0.4) is 0 Å². The standard InChI is InChI=1S/C17H18BrF3N4O/c1-26-14-3-2-11(6-13(14)18)8-25-5-4-12(9-25)24-16-7-15(17(19,20)21)22-10-23-16/h2-3,6-7,10,12H,4-5,8-9H2,1H3,(H,22,23,24). The molecule has 0 bridgehead atoms. The van der Waals surface area contributed by atoms with Crippen LogP contribution < -0.4 is 10.1 Å². The number of halogens is 4. The van der Waals surface area contributed by atoms with Crippen LogP contribution in [0.1, 0.15) is 17.7 Å². The fourth-order valence-electron chi connectivity index (χ4n) is 2.96. The number of anilines is 1. The topological polar surface area (TPSA) is 50.3 Å². The number of alkyl halides is 3. The predicted molar refractivity (Wildman–Crippen MR) is 95.0 cm³/mol. The number of likely N-dealkylation sites (tertiary alicyclic amines) is 1. The van der Waals surface area contributed by atoms with Gasteiger partial charge in [0.05, 0.1) is 11.6 Å². The smallest absolute Gasteiger partial charge is 0.433 e. The van der Waals surface area contributed by atoms with E-state index in [0.717, 1.165) is 54.2 Å². The van der Waals surface area contributed by atoms with Crippen molar-refractivity contribution in [2.45, 2.75) is 25.2 Å². The van der Waals surface area contributed by atoms with E-state index in [9.17, 15) is 13.2 Å². The number of rotatable bonds is 5. The molecule has 2 aromatic rings. The van der Waals surface area contributed by atoms with E-state index in [0.29, 0.717) is 0 Å². The van der Waals surface area contributed by atoms with E-state index in [1.165, 1.54) is 0 Å². The average molecular weight is 431 g/mol. The van der Waals surface area contributed by atoms with Gasteiger partial charge in [0, 0.05) is 31.7 Å². The number of methoxy groups -OCH3 is 1. The van der Waals surface area contributed by atoms with Crippen molar-refractivity contribution in [3.63, 3.8) is 0 Å². The van der Waals surface area contributed by atoms with Gasteiger partial charge in [-0.2, -0.15) is 13.2 Å². The highest BCUT2D eigenvalue weighted by molar-refractivity contribution is 9.10. The van der Waals surface area contributed by atoms with E-state index < -0.39 is 11.9 Å². The van der Waals surface area contributed by atoms with Crippen molar-refractivity contribution < 1.29 is 17.9 Å². The lowest BCUT2D eigenvalue weighted by Crippen LogP contribution is -2.26. The van der Waals surface area contributed by atoms with Crippen molar-refractivity contribution in [1.82, 2.24) is 14.9 Å². The molecule has 140 valence electrons. The fraction of sp³-hybridized carbons (Fsp3) is 0.412. The summed E-state index contributed by atoms with van der Waals surface area (Å²) < 4.78 is 44.3. The van der Waals surface area contributed by atoms with Crippen molar-refractivity contribution in [3.8, 4) is 5.75 Å². The highest BCUT2D eigenvalue weighted by Crippen LogP contribution is 2.29. The Morgan fingerprint density at radius 1 is 1.31 bits per heavy atom. The van der Waals surface area contributed by atoms with E-state index in [1.807, 2.05) is 18.2 Å². The Kier molecular flexibility index (Phi) is 5.67. The third-order valence-electron chi connectivity index (χ3n) is 4.20. The van der Waals surface area contributed by atoms with Gasteiger partial charge in [-0.15, -0.1) is 0 Å². The van der Waals surface area contributed by atoms with Gasteiger partial charge in [0.2, 0.25) is 0 Å². The van der Waals surface area contributed by atoms with E-state index >= 15 is 0 Å². The second-order valence-electron chi connectivity index (χ2n) is 6.12. The number of hydrogen-bond acceptors (Lipinski definition) is 5. The van der Waals surface area contributed by atoms with Gasteiger partial charge in [-0.1, -0.05) is 6.07 Å². The molecule has 1 aromatic carbocycles. The van der Waals surface area contributed by atoms with E-state index in [2.05, 4.69) is 36.1 Å². The van der Waals surface area contributed by atoms with Gasteiger partial charge < -0.3 is 10.1 Å². The summed E-state index contributed by atoms with van der Waals surface area (Å²) in [5.74, 6) is 0.977. The zero-order valence-electron chi connectivity index (χ0n) is 14.1. The minimum absolute atomic E-state index is 0.0488. The van der Waals surface area contributed by atoms with Crippen LogP contribution in [-0.2, 0) is 12.7 Å². The third-order valence-corrected chi connectivity index (χ3v) is 4.82. The maximum Gasteiger partial charge on any atom is 0.433 e. The highest BCUT2D eigenvalue weighted by atomic mass is 79.9. The fourth-order valence-corrected chi connectivity index (χ4v) is 3.55. The largest absolute Gasteiger partial charge is 0.496 e. The molecule has 0 amide bonds. The first-order valence-electron chi connectivity index (χ1n) is 8.05. The summed E-state index contributed by atoms with van der Waals surface area (Å²) in [7, 11) is 1.62. The molecule has 1 fully saturated rings. The van der Waals surface area contributed by atoms with Gasteiger partial charge in [-0.25, -0.2) is 9.97 Å². The predicted octanol–water partition coefficient (Wildman–Crippen LogP) is 3.95. The normalized spacial score (nSPS) is 18.1. The first-order valence-corrected chi connectivity index (χ1v) is 8.85. The molecule has 0 aliphatic carbocycles. The molecule has 9 heteroatoms. The molecular weight excluding hydrogens is 413 g/mol. The number of aromatic nitrogens is 2. The molecule has 1 aromatic heterocycles. The summed E-state index contributed by atoms with van der Waals surface area (Å²) in [5.41, 5.74) is 0.202. The lowest BCUT2D eigenvalue weighted by atomic mass is 10.2. The van der Waals surface area contributed by atoms with Gasteiger partial charge in [0.15, 0.2) is 0 Å². The quantitative estimate of drug-likeness (QED) is 0.777. The first-order chi connectivity index (χ1) is 12.3. The molecule has 1 saturated heterocycles. The van der Waals surface area contributed by atoms with Crippen LogP contribution in [0.5, 0.6) is 5.75 Å². The number of ether oxygens (including phenoxy) is 1. The van der Waals surface area contributed by atoms with Crippen LogP contribution in [-0.4, -0.2) is 41.1 Å². The van der Waals surface area contributed by atoms with E-state index in [4.69, 9.17) is 4.74 Å². The Hall–Kier alpha value is -1.87. The van der Waals surface area contributed by atoms with Gasteiger partial charge >= 0.3 is 6.18 Å². The number of nitrogens with zero attached hydrogens (tertiary/aromatic N) is 3.